The van der Waals surface area contributed by atoms with Crippen molar-refractivity contribution in [3.8, 4) is 0 Å². The number of likely N-dealkylation sites (tertiary alicyclic amines) is 1. The fourth-order valence-corrected chi connectivity index (χ4v) is 2.65. The summed E-state index contributed by atoms with van der Waals surface area (Å²) in [5.74, 6) is 0.762. The van der Waals surface area contributed by atoms with Crippen LogP contribution in [0.5, 0.6) is 0 Å². The van der Waals surface area contributed by atoms with Gasteiger partial charge in [0.2, 0.25) is 0 Å². The standard InChI is InChI=1S/C10H15BrN4/c11-9-5-13-15(10(9)12)8-3-4-14(6-8)7-1-2-7/h5,7-8H,1-4,6,12H2. The topological polar surface area (TPSA) is 47.1 Å². The van der Waals surface area contributed by atoms with Gasteiger partial charge in [0.25, 0.3) is 0 Å². The van der Waals surface area contributed by atoms with Crippen LogP contribution in [-0.4, -0.2) is 33.8 Å². The van der Waals surface area contributed by atoms with Crippen molar-refractivity contribution in [3.05, 3.63) is 10.7 Å². The van der Waals surface area contributed by atoms with E-state index in [9.17, 15) is 0 Å². The van der Waals surface area contributed by atoms with E-state index in [2.05, 4.69) is 25.9 Å². The van der Waals surface area contributed by atoms with Gasteiger partial charge in [-0.2, -0.15) is 5.10 Å². The normalized spacial score (nSPS) is 27.4. The highest BCUT2D eigenvalue weighted by atomic mass is 79.9. The lowest BCUT2D eigenvalue weighted by Gasteiger charge is -2.15. The molecule has 5 heteroatoms. The van der Waals surface area contributed by atoms with Gasteiger partial charge in [0, 0.05) is 19.1 Å². The highest BCUT2D eigenvalue weighted by Crippen LogP contribution is 2.34. The minimum Gasteiger partial charge on any atom is -0.383 e. The molecular formula is C10H15BrN4. The van der Waals surface area contributed by atoms with E-state index in [-0.39, 0.29) is 0 Å². The molecule has 1 saturated carbocycles. The van der Waals surface area contributed by atoms with Crippen molar-refractivity contribution in [2.45, 2.75) is 31.3 Å². The fourth-order valence-electron chi connectivity index (χ4n) is 2.38. The largest absolute Gasteiger partial charge is 0.383 e. The van der Waals surface area contributed by atoms with Crippen molar-refractivity contribution in [3.63, 3.8) is 0 Å². The van der Waals surface area contributed by atoms with Crippen LogP contribution in [0.15, 0.2) is 10.7 Å². The minimum absolute atomic E-state index is 0.469. The van der Waals surface area contributed by atoms with Crippen molar-refractivity contribution in [1.82, 2.24) is 14.7 Å². The number of rotatable bonds is 2. The molecule has 4 nitrogen and oxygen atoms in total. The first-order valence-corrected chi connectivity index (χ1v) is 6.27. The van der Waals surface area contributed by atoms with Crippen LogP contribution in [0.1, 0.15) is 25.3 Å². The molecule has 2 heterocycles. The van der Waals surface area contributed by atoms with Crippen LogP contribution >= 0.6 is 15.9 Å². The van der Waals surface area contributed by atoms with Crippen molar-refractivity contribution in [1.29, 1.82) is 0 Å². The van der Waals surface area contributed by atoms with Crippen LogP contribution in [0.3, 0.4) is 0 Å². The van der Waals surface area contributed by atoms with Gasteiger partial charge in [0.05, 0.1) is 16.7 Å². The van der Waals surface area contributed by atoms with E-state index in [1.165, 1.54) is 25.8 Å². The molecule has 3 rings (SSSR count). The molecule has 2 fully saturated rings. The van der Waals surface area contributed by atoms with Gasteiger partial charge in [-0.3, -0.25) is 4.90 Å². The summed E-state index contributed by atoms with van der Waals surface area (Å²) in [6.45, 7) is 2.31. The lowest BCUT2D eigenvalue weighted by atomic mass is 10.3. The molecule has 1 unspecified atom stereocenters. The molecule has 0 radical (unpaired) electrons. The van der Waals surface area contributed by atoms with E-state index in [1.54, 1.807) is 6.20 Å². The summed E-state index contributed by atoms with van der Waals surface area (Å²) in [5.41, 5.74) is 5.95. The zero-order valence-electron chi connectivity index (χ0n) is 8.56. The van der Waals surface area contributed by atoms with E-state index < -0.39 is 0 Å². The molecule has 15 heavy (non-hydrogen) atoms. The van der Waals surface area contributed by atoms with E-state index in [0.29, 0.717) is 6.04 Å². The van der Waals surface area contributed by atoms with Crippen LogP contribution < -0.4 is 5.73 Å². The number of nitrogens with zero attached hydrogens (tertiary/aromatic N) is 3. The smallest absolute Gasteiger partial charge is 0.136 e. The maximum Gasteiger partial charge on any atom is 0.136 e. The predicted octanol–water partition coefficient (Wildman–Crippen LogP) is 1.64. The van der Waals surface area contributed by atoms with Gasteiger partial charge in [-0.05, 0) is 35.2 Å². The molecule has 82 valence electrons. The maximum atomic E-state index is 5.95. The molecule has 1 aliphatic heterocycles. The predicted molar refractivity (Wildman–Crippen MR) is 62.6 cm³/mol. The quantitative estimate of drug-likeness (QED) is 0.889. The highest BCUT2D eigenvalue weighted by molar-refractivity contribution is 9.10. The van der Waals surface area contributed by atoms with Gasteiger partial charge in [-0.25, -0.2) is 4.68 Å². The lowest BCUT2D eigenvalue weighted by molar-refractivity contribution is 0.310. The SMILES string of the molecule is Nc1c(Br)cnn1C1CCN(C2CC2)C1. The average Bonchev–Trinajstić information content (AvgIpc) is 2.89. The molecule has 0 amide bonds. The van der Waals surface area contributed by atoms with Crippen molar-refractivity contribution >= 4 is 21.7 Å². The second-order valence-electron chi connectivity index (χ2n) is 4.49. The Morgan fingerprint density at radius 2 is 2.13 bits per heavy atom. The number of halogens is 1. The summed E-state index contributed by atoms with van der Waals surface area (Å²) in [6, 6.07) is 1.33. The Morgan fingerprint density at radius 1 is 1.33 bits per heavy atom. The zero-order valence-corrected chi connectivity index (χ0v) is 10.2. The third-order valence-electron chi connectivity index (χ3n) is 3.39. The Bertz CT molecular complexity index is 371. The van der Waals surface area contributed by atoms with Gasteiger partial charge in [0.1, 0.15) is 5.82 Å². The zero-order chi connectivity index (χ0) is 10.4. The van der Waals surface area contributed by atoms with E-state index in [4.69, 9.17) is 5.73 Å². The summed E-state index contributed by atoms with van der Waals surface area (Å²) in [6.07, 6.45) is 5.72. The molecule has 1 saturated heterocycles. The summed E-state index contributed by atoms with van der Waals surface area (Å²) in [4.78, 5) is 2.57. The maximum absolute atomic E-state index is 5.95. The molecule has 2 N–H and O–H groups in total. The third-order valence-corrected chi connectivity index (χ3v) is 4.00. The van der Waals surface area contributed by atoms with Crippen LogP contribution in [0.4, 0.5) is 5.82 Å². The van der Waals surface area contributed by atoms with Gasteiger partial charge >= 0.3 is 0 Å². The molecule has 0 aromatic carbocycles. The van der Waals surface area contributed by atoms with Gasteiger partial charge in [-0.15, -0.1) is 0 Å². The molecule has 0 bridgehead atoms. The first-order chi connectivity index (χ1) is 7.25. The van der Waals surface area contributed by atoms with Crippen LogP contribution in [0.25, 0.3) is 0 Å². The number of nitrogen functional groups attached to an aromatic ring is 1. The molecule has 1 aromatic heterocycles. The number of aromatic nitrogens is 2. The fraction of sp³-hybridized carbons (Fsp3) is 0.700. The second kappa shape index (κ2) is 3.49. The molecule has 0 spiro atoms. The van der Waals surface area contributed by atoms with Crippen LogP contribution in [0.2, 0.25) is 0 Å². The molecule has 1 atom stereocenters. The Labute approximate surface area is 97.5 Å². The first-order valence-electron chi connectivity index (χ1n) is 5.48. The van der Waals surface area contributed by atoms with Gasteiger partial charge in [0.15, 0.2) is 0 Å². The van der Waals surface area contributed by atoms with E-state index in [0.717, 1.165) is 22.9 Å². The van der Waals surface area contributed by atoms with Crippen molar-refractivity contribution in [2.75, 3.05) is 18.8 Å². The number of hydrogen-bond acceptors (Lipinski definition) is 3. The Morgan fingerprint density at radius 3 is 2.73 bits per heavy atom. The molecular weight excluding hydrogens is 256 g/mol. The van der Waals surface area contributed by atoms with E-state index >= 15 is 0 Å². The monoisotopic (exact) mass is 270 g/mol. The number of nitrogens with two attached hydrogens (primary N) is 1. The number of hydrogen-bond donors (Lipinski definition) is 1. The van der Waals surface area contributed by atoms with E-state index in [1.807, 2.05) is 4.68 Å². The van der Waals surface area contributed by atoms with Crippen LogP contribution in [-0.2, 0) is 0 Å². The molecule has 1 aromatic rings. The molecule has 1 aliphatic carbocycles. The first kappa shape index (κ1) is 9.66. The minimum atomic E-state index is 0.469. The Kier molecular flexibility index (Phi) is 2.25. The summed E-state index contributed by atoms with van der Waals surface area (Å²) in [7, 11) is 0. The summed E-state index contributed by atoms with van der Waals surface area (Å²) in [5, 5.41) is 4.33. The average molecular weight is 271 g/mol. The number of anilines is 1. The summed E-state index contributed by atoms with van der Waals surface area (Å²) < 4.78 is 2.87. The third kappa shape index (κ3) is 1.67. The van der Waals surface area contributed by atoms with Gasteiger partial charge in [-0.1, -0.05) is 0 Å². The second-order valence-corrected chi connectivity index (χ2v) is 5.35. The Balaban J connectivity index is 1.75. The Hall–Kier alpha value is -0.550. The lowest BCUT2D eigenvalue weighted by Crippen LogP contribution is -2.24. The van der Waals surface area contributed by atoms with Crippen molar-refractivity contribution < 1.29 is 0 Å². The molecule has 2 aliphatic rings. The van der Waals surface area contributed by atoms with Gasteiger partial charge < -0.3 is 5.73 Å². The summed E-state index contributed by atoms with van der Waals surface area (Å²) >= 11 is 3.40. The van der Waals surface area contributed by atoms with Crippen LogP contribution in [0, 0.1) is 0 Å². The highest BCUT2D eigenvalue weighted by Gasteiger charge is 2.35. The van der Waals surface area contributed by atoms with Crippen molar-refractivity contribution in [2.24, 2.45) is 0 Å².